The van der Waals surface area contributed by atoms with E-state index in [4.69, 9.17) is 0 Å². The molecule has 0 unspecified atom stereocenters. The molecular formula is C58H49NS2. The Labute approximate surface area is 369 Å². The maximum Gasteiger partial charge on any atom is 0.0540 e. The lowest BCUT2D eigenvalue weighted by Crippen LogP contribution is -2.24. The molecule has 61 heavy (non-hydrogen) atoms. The molecule has 0 saturated carbocycles. The number of nitrogens with zero attached hydrogens (tertiary/aromatic N) is 1. The second kappa shape index (κ2) is 12.6. The first kappa shape index (κ1) is 37.3. The number of rotatable bonds is 3. The third-order valence-corrected chi connectivity index (χ3v) is 17.4. The zero-order valence-electron chi connectivity index (χ0n) is 36.2. The zero-order chi connectivity index (χ0) is 41.8. The number of anilines is 3. The molecule has 0 fully saturated rings. The molecule has 2 heterocycles. The van der Waals surface area contributed by atoms with Gasteiger partial charge in [-0.25, -0.2) is 0 Å². The lowest BCUT2D eigenvalue weighted by Gasteiger charge is -2.36. The van der Waals surface area contributed by atoms with Gasteiger partial charge in [-0.1, -0.05) is 188 Å². The van der Waals surface area contributed by atoms with E-state index in [1.165, 1.54) is 114 Å². The van der Waals surface area contributed by atoms with Crippen LogP contribution in [0.1, 0.15) is 99.9 Å². The number of benzene rings is 8. The van der Waals surface area contributed by atoms with Gasteiger partial charge >= 0.3 is 0 Å². The van der Waals surface area contributed by atoms with Crippen LogP contribution in [0.2, 0.25) is 0 Å². The van der Waals surface area contributed by atoms with Gasteiger partial charge < -0.3 is 4.90 Å². The minimum Gasteiger partial charge on any atom is -0.310 e. The van der Waals surface area contributed by atoms with Gasteiger partial charge in [-0.05, 0) is 103 Å². The second-order valence-electron chi connectivity index (χ2n) is 19.7. The van der Waals surface area contributed by atoms with Crippen LogP contribution in [-0.4, -0.2) is 0 Å². The Kier molecular flexibility index (Phi) is 7.68. The Bertz CT molecular complexity index is 3030. The standard InChI is InChI=1S/C58H49NS2/c1-55(2)40-19-11-13-22-49(40)60-53-44(55)30-28-42-51(53)38-26-24-35(32-46(38)57(42,5)6)59(48-21-15-17-34-16-9-10-18-37(34)48)36-25-27-39-47(33-36)58(7,8)43-29-31-45-54(52(39)43)61-50-23-14-12-20-41(50)56(45,3)4/h9-33H,1-8H3. The molecule has 8 aromatic carbocycles. The molecular weight excluding hydrogens is 775 g/mol. The SMILES string of the molecule is CC1(C)c2ccccc2Sc2c1ccc1c2-c2ccc(N(c3ccc4c(c3)C(C)(C)c3ccc5c(c3-4)Sc3ccccc3C5(C)C)c3cccc4ccccc34)cc2C1(C)C. The van der Waals surface area contributed by atoms with Gasteiger partial charge in [-0.15, -0.1) is 0 Å². The van der Waals surface area contributed by atoms with Crippen molar-refractivity contribution in [1.82, 2.24) is 0 Å². The average Bonchev–Trinajstić information content (AvgIpc) is 3.63. The molecule has 3 heteroatoms. The summed E-state index contributed by atoms with van der Waals surface area (Å²) < 4.78 is 0. The highest BCUT2D eigenvalue weighted by atomic mass is 32.2. The van der Waals surface area contributed by atoms with E-state index >= 15 is 0 Å². The predicted molar refractivity (Wildman–Crippen MR) is 259 cm³/mol. The largest absolute Gasteiger partial charge is 0.310 e. The van der Waals surface area contributed by atoms with E-state index in [0.717, 1.165) is 0 Å². The molecule has 1 nitrogen and oxygen atoms in total. The fourth-order valence-electron chi connectivity index (χ4n) is 11.5. The van der Waals surface area contributed by atoms with E-state index in [1.807, 2.05) is 23.5 Å². The number of hydrogen-bond acceptors (Lipinski definition) is 3. The van der Waals surface area contributed by atoms with Gasteiger partial charge in [0.25, 0.3) is 0 Å². The van der Waals surface area contributed by atoms with Gasteiger partial charge in [0.05, 0.1) is 5.69 Å². The highest BCUT2D eigenvalue weighted by molar-refractivity contribution is 8.00. The maximum atomic E-state index is 2.54. The number of fused-ring (bicyclic) bond motifs is 13. The van der Waals surface area contributed by atoms with E-state index in [2.05, 4.69) is 212 Å². The molecule has 2 aliphatic heterocycles. The second-order valence-corrected chi connectivity index (χ2v) is 21.8. The van der Waals surface area contributed by atoms with Crippen molar-refractivity contribution in [2.45, 2.75) is 96.6 Å². The third kappa shape index (κ3) is 4.99. The van der Waals surface area contributed by atoms with Crippen LogP contribution in [0.3, 0.4) is 0 Å². The zero-order valence-corrected chi connectivity index (χ0v) is 37.8. The fraction of sp³-hybridized carbons (Fsp3) is 0.207. The Morgan fingerprint density at radius 2 is 0.787 bits per heavy atom. The molecule has 0 spiro atoms. The molecule has 12 rings (SSSR count). The van der Waals surface area contributed by atoms with Gasteiger partial charge in [0.2, 0.25) is 0 Å². The van der Waals surface area contributed by atoms with Gasteiger partial charge in [-0.3, -0.25) is 0 Å². The summed E-state index contributed by atoms with van der Waals surface area (Å²) in [5, 5.41) is 2.49. The molecule has 8 aromatic rings. The Morgan fingerprint density at radius 1 is 0.361 bits per heavy atom. The molecule has 4 aliphatic rings. The van der Waals surface area contributed by atoms with Gasteiger partial charge in [0.15, 0.2) is 0 Å². The summed E-state index contributed by atoms with van der Waals surface area (Å²) in [4.78, 5) is 8.10. The molecule has 0 N–H and O–H groups in total. The molecule has 298 valence electrons. The quantitative estimate of drug-likeness (QED) is 0.175. The first-order chi connectivity index (χ1) is 29.3. The van der Waals surface area contributed by atoms with E-state index in [0.29, 0.717) is 0 Å². The first-order valence-corrected chi connectivity index (χ1v) is 23.4. The van der Waals surface area contributed by atoms with Gasteiger partial charge in [0.1, 0.15) is 0 Å². The highest BCUT2D eigenvalue weighted by Crippen LogP contribution is 2.61. The lowest BCUT2D eigenvalue weighted by molar-refractivity contribution is 0.604. The summed E-state index contributed by atoms with van der Waals surface area (Å²) >= 11 is 3.92. The van der Waals surface area contributed by atoms with E-state index < -0.39 is 0 Å². The van der Waals surface area contributed by atoms with Crippen molar-refractivity contribution >= 4 is 51.4 Å². The molecule has 0 atom stereocenters. The molecule has 0 radical (unpaired) electrons. The first-order valence-electron chi connectivity index (χ1n) is 21.8. The van der Waals surface area contributed by atoms with Crippen LogP contribution in [-0.2, 0) is 21.7 Å². The van der Waals surface area contributed by atoms with Crippen LogP contribution in [0.5, 0.6) is 0 Å². The van der Waals surface area contributed by atoms with Crippen molar-refractivity contribution in [3.8, 4) is 22.3 Å². The summed E-state index contributed by atoms with van der Waals surface area (Å²) in [6, 6.07) is 58.0. The van der Waals surface area contributed by atoms with Crippen molar-refractivity contribution < 1.29 is 0 Å². The molecule has 2 aliphatic carbocycles. The summed E-state index contributed by atoms with van der Waals surface area (Å²) in [6.45, 7) is 19.3. The Morgan fingerprint density at radius 3 is 1.31 bits per heavy atom. The van der Waals surface area contributed by atoms with Crippen LogP contribution in [0.15, 0.2) is 171 Å². The third-order valence-electron chi connectivity index (χ3n) is 15.0. The van der Waals surface area contributed by atoms with Crippen molar-refractivity contribution in [2.24, 2.45) is 0 Å². The van der Waals surface area contributed by atoms with Crippen LogP contribution in [0, 0.1) is 0 Å². The van der Waals surface area contributed by atoms with Crippen molar-refractivity contribution in [3.05, 3.63) is 196 Å². The van der Waals surface area contributed by atoms with Crippen LogP contribution in [0.25, 0.3) is 33.0 Å². The van der Waals surface area contributed by atoms with Gasteiger partial charge in [-0.2, -0.15) is 0 Å². The summed E-state index contributed by atoms with van der Waals surface area (Å²) in [5.41, 5.74) is 19.9. The van der Waals surface area contributed by atoms with E-state index in [9.17, 15) is 0 Å². The van der Waals surface area contributed by atoms with Crippen LogP contribution >= 0.6 is 23.5 Å². The normalized spacial score (nSPS) is 17.2. The highest BCUT2D eigenvalue weighted by Gasteiger charge is 2.44. The minimum atomic E-state index is -0.174. The van der Waals surface area contributed by atoms with E-state index in [1.54, 1.807) is 0 Å². The maximum absolute atomic E-state index is 2.54. The van der Waals surface area contributed by atoms with Crippen molar-refractivity contribution in [2.75, 3.05) is 4.90 Å². The molecule has 0 aromatic heterocycles. The average molecular weight is 824 g/mol. The van der Waals surface area contributed by atoms with E-state index in [-0.39, 0.29) is 21.7 Å². The van der Waals surface area contributed by atoms with Crippen molar-refractivity contribution in [1.29, 1.82) is 0 Å². The monoisotopic (exact) mass is 823 g/mol. The number of hydrogen-bond donors (Lipinski definition) is 0. The van der Waals surface area contributed by atoms with Crippen LogP contribution in [0.4, 0.5) is 17.1 Å². The van der Waals surface area contributed by atoms with Gasteiger partial charge in [0, 0.05) is 69.1 Å². The summed E-state index contributed by atoms with van der Waals surface area (Å²) in [5.74, 6) is 0. The topological polar surface area (TPSA) is 3.24 Å². The minimum absolute atomic E-state index is 0.0795. The lowest BCUT2D eigenvalue weighted by atomic mass is 9.75. The Balaban J connectivity index is 1.04. The predicted octanol–water partition coefficient (Wildman–Crippen LogP) is 16.5. The van der Waals surface area contributed by atoms with Crippen molar-refractivity contribution in [3.63, 3.8) is 0 Å². The molecule has 0 bridgehead atoms. The fourth-order valence-corrected chi connectivity index (χ4v) is 14.6. The Hall–Kier alpha value is -5.48. The summed E-state index contributed by atoms with van der Waals surface area (Å²) in [7, 11) is 0. The summed E-state index contributed by atoms with van der Waals surface area (Å²) in [6.07, 6.45) is 0. The molecule has 0 saturated heterocycles. The smallest absolute Gasteiger partial charge is 0.0540 e. The van der Waals surface area contributed by atoms with Crippen LogP contribution < -0.4 is 4.90 Å². The molecule has 0 amide bonds.